The lowest BCUT2D eigenvalue weighted by Gasteiger charge is -2.13. The minimum Gasteiger partial charge on any atom is -0.439 e. The molecule has 0 aliphatic heterocycles. The van der Waals surface area contributed by atoms with Crippen molar-refractivity contribution >= 4 is 5.82 Å². The lowest BCUT2D eigenvalue weighted by Crippen LogP contribution is -2.13. The molecule has 0 aliphatic carbocycles. The number of aryl methyl sites for hydroxylation is 3. The number of hydrogen-bond acceptors (Lipinski definition) is 5. The molecule has 1 aromatic heterocycles. The predicted octanol–water partition coefficient (Wildman–Crippen LogP) is 3.43. The quantitative estimate of drug-likeness (QED) is 0.650. The SMILES string of the molecule is CCCc1nc(NN)c(C)c(Oc2ccc(C)c(C)c2)n1. The van der Waals surface area contributed by atoms with E-state index in [1.54, 1.807) is 0 Å². The molecule has 0 fully saturated rings. The molecule has 0 saturated carbocycles. The van der Waals surface area contributed by atoms with E-state index in [1.807, 2.05) is 25.1 Å². The molecule has 0 saturated heterocycles. The molecule has 0 atom stereocenters. The van der Waals surface area contributed by atoms with E-state index in [4.69, 9.17) is 10.6 Å². The summed E-state index contributed by atoms with van der Waals surface area (Å²) >= 11 is 0. The highest BCUT2D eigenvalue weighted by Gasteiger charge is 2.12. The van der Waals surface area contributed by atoms with Gasteiger partial charge in [0, 0.05) is 6.42 Å². The highest BCUT2D eigenvalue weighted by Crippen LogP contribution is 2.28. The van der Waals surface area contributed by atoms with Crippen LogP contribution >= 0.6 is 0 Å². The van der Waals surface area contributed by atoms with Gasteiger partial charge in [-0.1, -0.05) is 13.0 Å². The highest BCUT2D eigenvalue weighted by molar-refractivity contribution is 5.49. The zero-order valence-electron chi connectivity index (χ0n) is 13.0. The third kappa shape index (κ3) is 3.49. The maximum atomic E-state index is 5.93. The Balaban J connectivity index is 2.37. The van der Waals surface area contributed by atoms with Crippen LogP contribution in [0.3, 0.4) is 0 Å². The average molecular weight is 286 g/mol. The van der Waals surface area contributed by atoms with Gasteiger partial charge < -0.3 is 10.2 Å². The highest BCUT2D eigenvalue weighted by atomic mass is 16.5. The lowest BCUT2D eigenvalue weighted by molar-refractivity contribution is 0.454. The fourth-order valence-corrected chi connectivity index (χ4v) is 2.00. The Bertz CT molecular complexity index is 640. The van der Waals surface area contributed by atoms with Gasteiger partial charge in [-0.3, -0.25) is 0 Å². The zero-order valence-corrected chi connectivity index (χ0v) is 13.0. The number of nitrogens with zero attached hydrogens (tertiary/aromatic N) is 2. The van der Waals surface area contributed by atoms with E-state index in [-0.39, 0.29) is 0 Å². The van der Waals surface area contributed by atoms with Crippen molar-refractivity contribution in [3.8, 4) is 11.6 Å². The van der Waals surface area contributed by atoms with Gasteiger partial charge in [-0.15, -0.1) is 0 Å². The van der Waals surface area contributed by atoms with Crippen molar-refractivity contribution in [1.82, 2.24) is 9.97 Å². The number of hydrogen-bond donors (Lipinski definition) is 2. The number of benzene rings is 1. The number of ether oxygens (including phenoxy) is 1. The van der Waals surface area contributed by atoms with Gasteiger partial charge in [0.2, 0.25) is 5.88 Å². The van der Waals surface area contributed by atoms with Crippen LogP contribution in [0.5, 0.6) is 11.6 Å². The number of nitrogens with one attached hydrogen (secondary N) is 1. The van der Waals surface area contributed by atoms with Crippen LogP contribution in [-0.4, -0.2) is 9.97 Å². The minimum absolute atomic E-state index is 0.546. The van der Waals surface area contributed by atoms with E-state index in [0.29, 0.717) is 11.7 Å². The third-order valence-electron chi connectivity index (χ3n) is 3.45. The van der Waals surface area contributed by atoms with Gasteiger partial charge in [0.15, 0.2) is 0 Å². The fourth-order valence-electron chi connectivity index (χ4n) is 2.00. The van der Waals surface area contributed by atoms with Crippen molar-refractivity contribution in [2.45, 2.75) is 40.5 Å². The van der Waals surface area contributed by atoms with Crippen LogP contribution in [0.2, 0.25) is 0 Å². The van der Waals surface area contributed by atoms with E-state index in [0.717, 1.165) is 30.0 Å². The maximum absolute atomic E-state index is 5.93. The Morgan fingerprint density at radius 3 is 2.52 bits per heavy atom. The molecule has 21 heavy (non-hydrogen) atoms. The lowest BCUT2D eigenvalue weighted by atomic mass is 10.1. The van der Waals surface area contributed by atoms with Crippen LogP contribution in [0, 0.1) is 20.8 Å². The van der Waals surface area contributed by atoms with E-state index in [2.05, 4.69) is 36.2 Å². The average Bonchev–Trinajstić information content (AvgIpc) is 2.46. The minimum atomic E-state index is 0.546. The summed E-state index contributed by atoms with van der Waals surface area (Å²) in [6.45, 7) is 8.11. The molecule has 5 nitrogen and oxygen atoms in total. The summed E-state index contributed by atoms with van der Waals surface area (Å²) in [6, 6.07) is 5.99. The summed E-state index contributed by atoms with van der Waals surface area (Å²) in [5.41, 5.74) is 5.83. The number of hydrazine groups is 1. The first-order chi connectivity index (χ1) is 10.0. The molecule has 1 aromatic carbocycles. The van der Waals surface area contributed by atoms with E-state index < -0.39 is 0 Å². The van der Waals surface area contributed by atoms with Crippen molar-refractivity contribution in [1.29, 1.82) is 0 Å². The van der Waals surface area contributed by atoms with Crippen molar-refractivity contribution in [3.63, 3.8) is 0 Å². The normalized spacial score (nSPS) is 10.5. The molecule has 2 rings (SSSR count). The first-order valence-electron chi connectivity index (χ1n) is 7.14. The molecule has 1 heterocycles. The smallest absolute Gasteiger partial charge is 0.227 e. The van der Waals surface area contributed by atoms with Crippen molar-refractivity contribution < 1.29 is 4.74 Å². The van der Waals surface area contributed by atoms with Crippen molar-refractivity contribution in [2.24, 2.45) is 5.84 Å². The van der Waals surface area contributed by atoms with Gasteiger partial charge in [0.05, 0.1) is 5.56 Å². The van der Waals surface area contributed by atoms with Crippen LogP contribution in [0.15, 0.2) is 18.2 Å². The Kier molecular flexibility index (Phi) is 4.75. The monoisotopic (exact) mass is 286 g/mol. The van der Waals surface area contributed by atoms with Gasteiger partial charge in [-0.05, 0) is 50.5 Å². The van der Waals surface area contributed by atoms with Gasteiger partial charge in [0.25, 0.3) is 0 Å². The van der Waals surface area contributed by atoms with E-state index in [1.165, 1.54) is 11.1 Å². The fraction of sp³-hybridized carbons (Fsp3) is 0.375. The molecule has 112 valence electrons. The van der Waals surface area contributed by atoms with Crippen LogP contribution < -0.4 is 16.0 Å². The molecule has 0 spiro atoms. The largest absolute Gasteiger partial charge is 0.439 e. The number of rotatable bonds is 5. The summed E-state index contributed by atoms with van der Waals surface area (Å²) in [6.07, 6.45) is 1.76. The first-order valence-corrected chi connectivity index (χ1v) is 7.14. The Labute approximate surface area is 125 Å². The third-order valence-corrected chi connectivity index (χ3v) is 3.45. The summed E-state index contributed by atoms with van der Waals surface area (Å²) in [5, 5.41) is 0. The van der Waals surface area contributed by atoms with Crippen molar-refractivity contribution in [3.05, 3.63) is 40.7 Å². The Hall–Kier alpha value is -2.14. The van der Waals surface area contributed by atoms with Crippen LogP contribution in [-0.2, 0) is 6.42 Å². The molecule has 5 heteroatoms. The molecular weight excluding hydrogens is 264 g/mol. The van der Waals surface area contributed by atoms with Crippen LogP contribution in [0.1, 0.15) is 35.9 Å². The van der Waals surface area contributed by atoms with Crippen LogP contribution in [0.4, 0.5) is 5.82 Å². The molecular formula is C16H22N4O. The molecule has 0 bridgehead atoms. The summed E-state index contributed by atoms with van der Waals surface area (Å²) in [4.78, 5) is 8.88. The molecule has 3 N–H and O–H groups in total. The summed E-state index contributed by atoms with van der Waals surface area (Å²) in [7, 11) is 0. The molecule has 0 radical (unpaired) electrons. The number of nitrogen functional groups attached to an aromatic ring is 1. The molecule has 0 amide bonds. The van der Waals surface area contributed by atoms with Gasteiger partial charge >= 0.3 is 0 Å². The van der Waals surface area contributed by atoms with E-state index in [9.17, 15) is 0 Å². The number of nitrogens with two attached hydrogens (primary N) is 1. The van der Waals surface area contributed by atoms with Gasteiger partial charge in [0.1, 0.15) is 17.4 Å². The first kappa shape index (κ1) is 15.3. The second kappa shape index (κ2) is 6.54. The maximum Gasteiger partial charge on any atom is 0.227 e. The standard InChI is InChI=1S/C16H22N4O/c1-5-6-14-18-15(20-17)12(4)16(19-14)21-13-8-7-10(2)11(3)9-13/h7-9H,5-6,17H2,1-4H3,(H,18,19,20). The topological polar surface area (TPSA) is 73.1 Å². The second-order valence-electron chi connectivity index (χ2n) is 5.16. The zero-order chi connectivity index (χ0) is 15.4. The Morgan fingerprint density at radius 2 is 1.90 bits per heavy atom. The number of aromatic nitrogens is 2. The number of anilines is 1. The summed E-state index contributed by atoms with van der Waals surface area (Å²) in [5.74, 6) is 8.18. The Morgan fingerprint density at radius 1 is 1.14 bits per heavy atom. The van der Waals surface area contributed by atoms with Gasteiger partial charge in [-0.25, -0.2) is 10.8 Å². The van der Waals surface area contributed by atoms with Crippen LogP contribution in [0.25, 0.3) is 0 Å². The summed E-state index contributed by atoms with van der Waals surface area (Å²) < 4.78 is 5.93. The molecule has 2 aromatic rings. The van der Waals surface area contributed by atoms with Gasteiger partial charge in [-0.2, -0.15) is 4.98 Å². The van der Waals surface area contributed by atoms with Crippen molar-refractivity contribution in [2.75, 3.05) is 5.43 Å². The second-order valence-corrected chi connectivity index (χ2v) is 5.16. The predicted molar refractivity (Wildman–Crippen MR) is 84.6 cm³/mol. The molecule has 0 unspecified atom stereocenters. The van der Waals surface area contributed by atoms with E-state index >= 15 is 0 Å². The molecule has 0 aliphatic rings.